The van der Waals surface area contributed by atoms with Crippen molar-refractivity contribution in [1.29, 1.82) is 0 Å². The highest BCUT2D eigenvalue weighted by Gasteiger charge is 2.40. The Morgan fingerprint density at radius 3 is 2.67 bits per heavy atom. The number of ether oxygens (including phenoxy) is 1. The SMILES string of the molecule is CCN(CC(=O)O)C1CC(NC(=O)C2(C)CCCOC2)C1. The molecule has 1 heterocycles. The molecule has 0 aromatic rings. The first-order valence-electron chi connectivity index (χ1n) is 7.79. The van der Waals surface area contributed by atoms with E-state index < -0.39 is 11.4 Å². The summed E-state index contributed by atoms with van der Waals surface area (Å²) in [5, 5.41) is 12.0. The summed E-state index contributed by atoms with van der Waals surface area (Å²) < 4.78 is 5.43. The van der Waals surface area contributed by atoms with Gasteiger partial charge in [-0.25, -0.2) is 0 Å². The van der Waals surface area contributed by atoms with Crippen LogP contribution in [-0.4, -0.2) is 60.3 Å². The number of rotatable bonds is 6. The summed E-state index contributed by atoms with van der Waals surface area (Å²) in [7, 11) is 0. The van der Waals surface area contributed by atoms with Gasteiger partial charge in [-0.15, -0.1) is 0 Å². The van der Waals surface area contributed by atoms with Gasteiger partial charge in [0.1, 0.15) is 0 Å². The summed E-state index contributed by atoms with van der Waals surface area (Å²) >= 11 is 0. The van der Waals surface area contributed by atoms with Crippen LogP contribution in [0.1, 0.15) is 39.5 Å². The average molecular weight is 298 g/mol. The minimum atomic E-state index is -0.795. The summed E-state index contributed by atoms with van der Waals surface area (Å²) in [6.45, 7) is 5.97. The van der Waals surface area contributed by atoms with E-state index in [1.807, 2.05) is 18.7 Å². The Hall–Kier alpha value is -1.14. The fraction of sp³-hybridized carbons (Fsp3) is 0.867. The van der Waals surface area contributed by atoms with Crippen molar-refractivity contribution in [2.75, 3.05) is 26.3 Å². The molecular formula is C15H26N2O4. The van der Waals surface area contributed by atoms with Gasteiger partial charge in [0.05, 0.1) is 18.6 Å². The molecule has 2 N–H and O–H groups in total. The lowest BCUT2D eigenvalue weighted by Crippen LogP contribution is -2.57. The zero-order valence-corrected chi connectivity index (χ0v) is 12.9. The van der Waals surface area contributed by atoms with Crippen LogP contribution in [0, 0.1) is 5.41 Å². The molecule has 1 saturated carbocycles. The highest BCUT2D eigenvalue weighted by atomic mass is 16.5. The molecule has 1 aliphatic heterocycles. The van der Waals surface area contributed by atoms with Crippen molar-refractivity contribution < 1.29 is 19.4 Å². The summed E-state index contributed by atoms with van der Waals surface area (Å²) in [4.78, 5) is 25.1. The first kappa shape index (κ1) is 16.2. The highest BCUT2D eigenvalue weighted by molar-refractivity contribution is 5.82. The van der Waals surface area contributed by atoms with E-state index in [1.54, 1.807) is 0 Å². The molecule has 0 spiro atoms. The van der Waals surface area contributed by atoms with Gasteiger partial charge in [-0.3, -0.25) is 14.5 Å². The number of aliphatic carboxylic acids is 1. The second kappa shape index (κ2) is 6.75. The fourth-order valence-corrected chi connectivity index (χ4v) is 3.15. The zero-order chi connectivity index (χ0) is 15.5. The van der Waals surface area contributed by atoms with E-state index in [1.165, 1.54) is 0 Å². The lowest BCUT2D eigenvalue weighted by atomic mass is 9.81. The predicted octanol–water partition coefficient (Wildman–Crippen LogP) is 0.857. The number of amides is 1. The third-order valence-electron chi connectivity index (χ3n) is 4.70. The van der Waals surface area contributed by atoms with Gasteiger partial charge in [0.25, 0.3) is 0 Å². The Morgan fingerprint density at radius 2 is 2.14 bits per heavy atom. The highest BCUT2D eigenvalue weighted by Crippen LogP contribution is 2.31. The topological polar surface area (TPSA) is 78.9 Å². The van der Waals surface area contributed by atoms with Gasteiger partial charge in [0.15, 0.2) is 0 Å². The zero-order valence-electron chi connectivity index (χ0n) is 12.9. The monoisotopic (exact) mass is 298 g/mol. The Labute approximate surface area is 125 Å². The van der Waals surface area contributed by atoms with Crippen LogP contribution in [0.5, 0.6) is 0 Å². The fourth-order valence-electron chi connectivity index (χ4n) is 3.15. The first-order valence-corrected chi connectivity index (χ1v) is 7.79. The second-order valence-corrected chi connectivity index (χ2v) is 6.47. The van der Waals surface area contributed by atoms with Crippen LogP contribution in [-0.2, 0) is 14.3 Å². The molecule has 0 aromatic carbocycles. The molecule has 21 heavy (non-hydrogen) atoms. The Balaban J connectivity index is 1.76. The van der Waals surface area contributed by atoms with E-state index in [0.29, 0.717) is 6.61 Å². The lowest BCUT2D eigenvalue weighted by molar-refractivity contribution is -0.142. The van der Waals surface area contributed by atoms with Crippen LogP contribution in [0.2, 0.25) is 0 Å². The minimum absolute atomic E-state index is 0.0759. The van der Waals surface area contributed by atoms with Crippen molar-refractivity contribution in [3.63, 3.8) is 0 Å². The maximum absolute atomic E-state index is 12.3. The van der Waals surface area contributed by atoms with Crippen LogP contribution in [0.25, 0.3) is 0 Å². The Kier molecular flexibility index (Phi) is 5.22. The molecule has 1 unspecified atom stereocenters. The molecular weight excluding hydrogens is 272 g/mol. The van der Waals surface area contributed by atoms with Crippen molar-refractivity contribution in [2.45, 2.75) is 51.6 Å². The van der Waals surface area contributed by atoms with Crippen molar-refractivity contribution in [1.82, 2.24) is 10.2 Å². The number of carboxylic acids is 1. The first-order chi connectivity index (χ1) is 9.94. The van der Waals surface area contributed by atoms with E-state index in [4.69, 9.17) is 9.84 Å². The van der Waals surface area contributed by atoms with E-state index in [9.17, 15) is 9.59 Å². The van der Waals surface area contributed by atoms with Crippen LogP contribution >= 0.6 is 0 Å². The average Bonchev–Trinajstić information content (AvgIpc) is 2.40. The molecule has 2 fully saturated rings. The number of carbonyl (C=O) groups is 2. The number of nitrogens with zero attached hydrogens (tertiary/aromatic N) is 1. The molecule has 6 heteroatoms. The molecule has 6 nitrogen and oxygen atoms in total. The maximum atomic E-state index is 12.3. The van der Waals surface area contributed by atoms with Crippen LogP contribution in [0.3, 0.4) is 0 Å². The number of carboxylic acid groups (broad SMARTS) is 1. The molecule has 1 aliphatic carbocycles. The Morgan fingerprint density at radius 1 is 1.43 bits per heavy atom. The van der Waals surface area contributed by atoms with Gasteiger partial charge in [-0.2, -0.15) is 0 Å². The summed E-state index contributed by atoms with van der Waals surface area (Å²) in [5.74, 6) is -0.719. The van der Waals surface area contributed by atoms with E-state index >= 15 is 0 Å². The standard InChI is InChI=1S/C15H26N2O4/c1-3-17(9-13(18)19)12-7-11(8-12)16-14(20)15(2)5-4-6-21-10-15/h11-12H,3-10H2,1-2H3,(H,16,20)(H,18,19). The van der Waals surface area contributed by atoms with E-state index in [-0.39, 0.29) is 24.5 Å². The molecule has 120 valence electrons. The number of nitrogens with one attached hydrogen (secondary N) is 1. The number of likely N-dealkylation sites (N-methyl/N-ethyl adjacent to an activating group) is 1. The van der Waals surface area contributed by atoms with Crippen LogP contribution in [0.15, 0.2) is 0 Å². The largest absolute Gasteiger partial charge is 0.480 e. The number of carbonyl (C=O) groups excluding carboxylic acids is 1. The van der Waals surface area contributed by atoms with E-state index in [2.05, 4.69) is 5.32 Å². The van der Waals surface area contributed by atoms with Gasteiger partial charge >= 0.3 is 5.97 Å². The molecule has 0 aromatic heterocycles. The quantitative estimate of drug-likeness (QED) is 0.760. The van der Waals surface area contributed by atoms with Gasteiger partial charge in [-0.1, -0.05) is 6.92 Å². The van der Waals surface area contributed by atoms with Gasteiger partial charge in [-0.05, 0) is 39.2 Å². The van der Waals surface area contributed by atoms with E-state index in [0.717, 1.165) is 38.8 Å². The third kappa shape index (κ3) is 3.95. The number of hydrogen-bond acceptors (Lipinski definition) is 4. The molecule has 1 atom stereocenters. The smallest absolute Gasteiger partial charge is 0.317 e. The minimum Gasteiger partial charge on any atom is -0.480 e. The Bertz CT molecular complexity index is 387. The molecule has 1 saturated heterocycles. The second-order valence-electron chi connectivity index (χ2n) is 6.47. The van der Waals surface area contributed by atoms with Crippen molar-refractivity contribution in [3.8, 4) is 0 Å². The molecule has 1 amide bonds. The summed E-state index contributed by atoms with van der Waals surface area (Å²) in [6, 6.07) is 0.441. The van der Waals surface area contributed by atoms with Gasteiger partial charge in [0.2, 0.25) is 5.91 Å². The molecule has 2 aliphatic rings. The maximum Gasteiger partial charge on any atom is 0.317 e. The number of hydrogen-bond donors (Lipinski definition) is 2. The summed E-state index contributed by atoms with van der Waals surface area (Å²) in [5.41, 5.74) is -0.408. The van der Waals surface area contributed by atoms with Crippen LogP contribution < -0.4 is 5.32 Å². The normalized spacial score (nSPS) is 32.5. The van der Waals surface area contributed by atoms with Crippen molar-refractivity contribution >= 4 is 11.9 Å². The lowest BCUT2D eigenvalue weighted by Gasteiger charge is -2.43. The predicted molar refractivity (Wildman–Crippen MR) is 78.0 cm³/mol. The van der Waals surface area contributed by atoms with Gasteiger partial charge < -0.3 is 15.2 Å². The van der Waals surface area contributed by atoms with Gasteiger partial charge in [0, 0.05) is 18.7 Å². The van der Waals surface area contributed by atoms with Crippen molar-refractivity contribution in [3.05, 3.63) is 0 Å². The molecule has 2 rings (SSSR count). The molecule has 0 bridgehead atoms. The summed E-state index contributed by atoms with van der Waals surface area (Å²) in [6.07, 6.45) is 3.47. The van der Waals surface area contributed by atoms with Crippen LogP contribution in [0.4, 0.5) is 0 Å². The molecule has 0 radical (unpaired) electrons. The van der Waals surface area contributed by atoms with Crippen molar-refractivity contribution in [2.24, 2.45) is 5.41 Å². The third-order valence-corrected chi connectivity index (χ3v) is 4.70.